The molecular weight excluding hydrogens is 270 g/mol. The van der Waals surface area contributed by atoms with Crippen LogP contribution in [0.15, 0.2) is 24.3 Å². The lowest BCUT2D eigenvalue weighted by atomic mass is 10.3. The second-order valence-electron chi connectivity index (χ2n) is 4.59. The number of unbranched alkanes of at least 4 members (excludes halogenated alkanes) is 1. The van der Waals surface area contributed by atoms with Crippen molar-refractivity contribution in [3.05, 3.63) is 24.3 Å². The van der Waals surface area contributed by atoms with E-state index in [1.165, 1.54) is 6.92 Å². The second-order valence-corrected chi connectivity index (χ2v) is 4.59. The number of urea groups is 1. The van der Waals surface area contributed by atoms with E-state index in [9.17, 15) is 9.59 Å². The monoisotopic (exact) mass is 293 g/mol. The number of carbonyl (C=O) groups is 2. The summed E-state index contributed by atoms with van der Waals surface area (Å²) in [5.41, 5.74) is 0.690. The molecule has 3 N–H and O–H groups in total. The topological polar surface area (TPSA) is 79.5 Å². The van der Waals surface area contributed by atoms with Gasteiger partial charge < -0.3 is 20.7 Å². The smallest absolute Gasteiger partial charge is 0.319 e. The molecule has 21 heavy (non-hydrogen) atoms. The number of amides is 3. The van der Waals surface area contributed by atoms with Gasteiger partial charge in [-0.15, -0.1) is 0 Å². The van der Waals surface area contributed by atoms with Gasteiger partial charge in [-0.2, -0.15) is 0 Å². The SMILES string of the molecule is CCCCOc1ccc(NC(=O)NCCNC(C)=O)cc1. The van der Waals surface area contributed by atoms with Crippen LogP contribution in [0.5, 0.6) is 5.75 Å². The van der Waals surface area contributed by atoms with Crippen LogP contribution in [0, 0.1) is 0 Å². The molecule has 6 nitrogen and oxygen atoms in total. The third kappa shape index (κ3) is 7.81. The van der Waals surface area contributed by atoms with Gasteiger partial charge in [-0.1, -0.05) is 13.3 Å². The van der Waals surface area contributed by atoms with Crippen LogP contribution in [0.25, 0.3) is 0 Å². The summed E-state index contributed by atoms with van der Waals surface area (Å²) in [5.74, 6) is 0.677. The predicted molar refractivity (Wildman–Crippen MR) is 82.6 cm³/mol. The molecule has 1 aromatic rings. The minimum atomic E-state index is -0.306. The first kappa shape index (κ1) is 16.8. The summed E-state index contributed by atoms with van der Waals surface area (Å²) in [6.07, 6.45) is 2.12. The summed E-state index contributed by atoms with van der Waals surface area (Å²) < 4.78 is 5.54. The molecule has 0 aliphatic rings. The second kappa shape index (κ2) is 9.63. The number of nitrogens with one attached hydrogen (secondary N) is 3. The first-order chi connectivity index (χ1) is 10.1. The van der Waals surface area contributed by atoms with Crippen molar-refractivity contribution in [2.24, 2.45) is 0 Å². The number of ether oxygens (including phenoxy) is 1. The van der Waals surface area contributed by atoms with Crippen molar-refractivity contribution in [3.63, 3.8) is 0 Å². The molecule has 0 heterocycles. The molecule has 1 rings (SSSR count). The molecule has 3 amide bonds. The Labute approximate surface area is 125 Å². The Balaban J connectivity index is 2.27. The number of hydrogen-bond donors (Lipinski definition) is 3. The number of benzene rings is 1. The molecule has 0 aliphatic heterocycles. The molecule has 0 saturated heterocycles. The largest absolute Gasteiger partial charge is 0.494 e. The Bertz CT molecular complexity index is 446. The van der Waals surface area contributed by atoms with Crippen molar-refractivity contribution in [2.75, 3.05) is 25.0 Å². The van der Waals surface area contributed by atoms with Crippen LogP contribution in [0.4, 0.5) is 10.5 Å². The average molecular weight is 293 g/mol. The van der Waals surface area contributed by atoms with Crippen molar-refractivity contribution in [3.8, 4) is 5.75 Å². The molecule has 0 bridgehead atoms. The first-order valence-electron chi connectivity index (χ1n) is 7.14. The van der Waals surface area contributed by atoms with Gasteiger partial charge in [0.1, 0.15) is 5.75 Å². The van der Waals surface area contributed by atoms with Gasteiger partial charge in [0, 0.05) is 25.7 Å². The van der Waals surface area contributed by atoms with E-state index >= 15 is 0 Å². The van der Waals surface area contributed by atoms with Crippen molar-refractivity contribution in [1.82, 2.24) is 10.6 Å². The van der Waals surface area contributed by atoms with E-state index in [0.717, 1.165) is 18.6 Å². The van der Waals surface area contributed by atoms with E-state index in [1.807, 2.05) is 12.1 Å². The van der Waals surface area contributed by atoms with E-state index < -0.39 is 0 Å². The van der Waals surface area contributed by atoms with E-state index in [4.69, 9.17) is 4.74 Å². The highest BCUT2D eigenvalue weighted by Crippen LogP contribution is 2.15. The Morgan fingerprint density at radius 1 is 1.10 bits per heavy atom. The number of carbonyl (C=O) groups excluding carboxylic acids is 2. The fourth-order valence-electron chi connectivity index (χ4n) is 1.56. The van der Waals surface area contributed by atoms with Crippen LogP contribution < -0.4 is 20.7 Å². The maximum absolute atomic E-state index is 11.6. The maximum atomic E-state index is 11.6. The molecule has 1 aromatic carbocycles. The standard InChI is InChI=1S/C15H23N3O3/c1-3-4-11-21-14-7-5-13(6-8-14)18-15(20)17-10-9-16-12(2)19/h5-8H,3-4,9-11H2,1-2H3,(H,16,19)(H2,17,18,20). The number of hydrogen-bond acceptors (Lipinski definition) is 3. The van der Waals surface area contributed by atoms with Crippen LogP contribution in [-0.4, -0.2) is 31.6 Å². The summed E-state index contributed by atoms with van der Waals surface area (Å²) in [5, 5.41) is 7.95. The quantitative estimate of drug-likeness (QED) is 0.642. The van der Waals surface area contributed by atoms with Gasteiger partial charge in [0.15, 0.2) is 0 Å². The zero-order valence-electron chi connectivity index (χ0n) is 12.6. The molecule has 0 aliphatic carbocycles. The van der Waals surface area contributed by atoms with E-state index in [-0.39, 0.29) is 11.9 Å². The maximum Gasteiger partial charge on any atom is 0.319 e. The Kier molecular flexibility index (Phi) is 7.71. The van der Waals surface area contributed by atoms with E-state index in [2.05, 4.69) is 22.9 Å². The Morgan fingerprint density at radius 2 is 1.76 bits per heavy atom. The Morgan fingerprint density at radius 3 is 2.38 bits per heavy atom. The van der Waals surface area contributed by atoms with Crippen LogP contribution in [0.3, 0.4) is 0 Å². The van der Waals surface area contributed by atoms with Crippen LogP contribution in [0.2, 0.25) is 0 Å². The van der Waals surface area contributed by atoms with Gasteiger partial charge in [-0.05, 0) is 30.7 Å². The van der Waals surface area contributed by atoms with Gasteiger partial charge in [-0.25, -0.2) is 4.79 Å². The minimum Gasteiger partial charge on any atom is -0.494 e. The normalized spacial score (nSPS) is 9.81. The summed E-state index contributed by atoms with van der Waals surface area (Å²) >= 11 is 0. The zero-order valence-corrected chi connectivity index (χ0v) is 12.6. The molecule has 0 fully saturated rings. The molecular formula is C15H23N3O3. The van der Waals surface area contributed by atoms with Gasteiger partial charge >= 0.3 is 6.03 Å². The highest BCUT2D eigenvalue weighted by molar-refractivity contribution is 5.89. The lowest BCUT2D eigenvalue weighted by Gasteiger charge is -2.09. The van der Waals surface area contributed by atoms with Crippen LogP contribution in [-0.2, 0) is 4.79 Å². The molecule has 116 valence electrons. The zero-order chi connectivity index (χ0) is 15.5. The summed E-state index contributed by atoms with van der Waals surface area (Å²) in [4.78, 5) is 22.2. The minimum absolute atomic E-state index is 0.115. The lowest BCUT2D eigenvalue weighted by molar-refractivity contribution is -0.118. The third-order valence-electron chi connectivity index (χ3n) is 2.66. The summed E-state index contributed by atoms with van der Waals surface area (Å²) in [6.45, 7) is 5.04. The molecule has 0 radical (unpaired) electrons. The van der Waals surface area contributed by atoms with Gasteiger partial charge in [0.05, 0.1) is 6.61 Å². The molecule has 0 unspecified atom stereocenters. The van der Waals surface area contributed by atoms with Gasteiger partial charge in [0.2, 0.25) is 5.91 Å². The fraction of sp³-hybridized carbons (Fsp3) is 0.467. The van der Waals surface area contributed by atoms with Crippen molar-refractivity contribution >= 4 is 17.6 Å². The highest BCUT2D eigenvalue weighted by Gasteiger charge is 2.01. The summed E-state index contributed by atoms with van der Waals surface area (Å²) in [7, 11) is 0. The average Bonchev–Trinajstić information content (AvgIpc) is 2.45. The molecule has 0 aromatic heterocycles. The molecule has 0 spiro atoms. The van der Waals surface area contributed by atoms with Crippen molar-refractivity contribution in [2.45, 2.75) is 26.7 Å². The number of rotatable bonds is 8. The number of anilines is 1. The van der Waals surface area contributed by atoms with Gasteiger partial charge in [0.25, 0.3) is 0 Å². The lowest BCUT2D eigenvalue weighted by Crippen LogP contribution is -2.36. The molecule has 6 heteroatoms. The highest BCUT2D eigenvalue weighted by atomic mass is 16.5. The Hall–Kier alpha value is -2.24. The van der Waals surface area contributed by atoms with Crippen molar-refractivity contribution < 1.29 is 14.3 Å². The summed E-state index contributed by atoms with van der Waals surface area (Å²) in [6, 6.07) is 6.91. The predicted octanol–water partition coefficient (Wildman–Crippen LogP) is 2.12. The fourth-order valence-corrected chi connectivity index (χ4v) is 1.56. The van der Waals surface area contributed by atoms with Crippen LogP contribution in [0.1, 0.15) is 26.7 Å². The third-order valence-corrected chi connectivity index (χ3v) is 2.66. The van der Waals surface area contributed by atoms with Crippen molar-refractivity contribution in [1.29, 1.82) is 0 Å². The first-order valence-corrected chi connectivity index (χ1v) is 7.14. The molecule has 0 saturated carbocycles. The molecule has 0 atom stereocenters. The van der Waals surface area contributed by atoms with E-state index in [1.54, 1.807) is 12.1 Å². The van der Waals surface area contributed by atoms with E-state index in [0.29, 0.717) is 25.4 Å². The van der Waals surface area contributed by atoms with Gasteiger partial charge in [-0.3, -0.25) is 4.79 Å². The van der Waals surface area contributed by atoms with Crippen LogP contribution >= 0.6 is 0 Å².